The first-order chi connectivity index (χ1) is 11.8. The van der Waals surface area contributed by atoms with Crippen molar-refractivity contribution in [2.45, 2.75) is 6.42 Å². The number of nitrogens with one attached hydrogen (secondary N) is 2. The summed E-state index contributed by atoms with van der Waals surface area (Å²) < 4.78 is 0. The van der Waals surface area contributed by atoms with Crippen LogP contribution in [0.1, 0.15) is 15.9 Å². The molecular formula is C20H15N3O. The monoisotopic (exact) mass is 313 g/mol. The predicted octanol–water partition coefficient (Wildman–Crippen LogP) is 3.67. The Kier molecular flexibility index (Phi) is 2.73. The van der Waals surface area contributed by atoms with Crippen molar-refractivity contribution in [3.05, 3.63) is 65.9 Å². The summed E-state index contributed by atoms with van der Waals surface area (Å²) in [6.07, 6.45) is 2.64. The van der Waals surface area contributed by atoms with E-state index in [1.54, 1.807) is 0 Å². The van der Waals surface area contributed by atoms with Gasteiger partial charge in [0.1, 0.15) is 0 Å². The molecular weight excluding hydrogens is 298 g/mol. The molecule has 0 spiro atoms. The molecule has 5 rings (SSSR count). The molecule has 0 atom stereocenters. The van der Waals surface area contributed by atoms with Crippen LogP contribution in [0.2, 0.25) is 0 Å². The number of carbonyl (C=O) groups is 1. The van der Waals surface area contributed by atoms with Gasteiger partial charge in [-0.25, -0.2) is 0 Å². The highest BCUT2D eigenvalue weighted by Crippen LogP contribution is 2.35. The van der Waals surface area contributed by atoms with Crippen LogP contribution in [0.15, 0.2) is 54.7 Å². The predicted molar refractivity (Wildman–Crippen MR) is 95.1 cm³/mol. The number of fused-ring (bicyclic) bond motifs is 1. The van der Waals surface area contributed by atoms with Crippen LogP contribution >= 0.6 is 0 Å². The summed E-state index contributed by atoms with van der Waals surface area (Å²) in [6.45, 7) is 0.637. The molecule has 0 radical (unpaired) electrons. The SMILES string of the molecule is O=C1NCCc2c(-c3nccc4ccccc34)[nH]c3cccc1c23. The number of amides is 1. The second kappa shape index (κ2) is 4.93. The molecule has 1 aliphatic heterocycles. The summed E-state index contributed by atoms with van der Waals surface area (Å²) in [6, 6.07) is 16.1. The Morgan fingerprint density at radius 2 is 1.92 bits per heavy atom. The molecule has 2 aromatic carbocycles. The number of aromatic nitrogens is 2. The topological polar surface area (TPSA) is 57.8 Å². The number of nitrogens with zero attached hydrogens (tertiary/aromatic N) is 1. The van der Waals surface area contributed by atoms with Gasteiger partial charge in [0.25, 0.3) is 5.91 Å². The van der Waals surface area contributed by atoms with Crippen LogP contribution < -0.4 is 5.32 Å². The van der Waals surface area contributed by atoms with E-state index in [9.17, 15) is 4.79 Å². The standard InChI is InChI=1S/C20H15N3O/c24-20-15-6-3-7-16-17(15)14(9-11-22-20)19(23-16)18-13-5-2-1-4-12(13)8-10-21-18/h1-8,10,23H,9,11H2,(H,22,24). The quantitative estimate of drug-likeness (QED) is 0.563. The van der Waals surface area contributed by atoms with E-state index in [1.807, 2.05) is 42.6 Å². The smallest absolute Gasteiger partial charge is 0.251 e. The first-order valence-corrected chi connectivity index (χ1v) is 8.09. The Morgan fingerprint density at radius 1 is 1.00 bits per heavy atom. The number of hydrogen-bond donors (Lipinski definition) is 2. The summed E-state index contributed by atoms with van der Waals surface area (Å²) in [5, 5.41) is 6.29. The first-order valence-electron chi connectivity index (χ1n) is 8.09. The van der Waals surface area contributed by atoms with Gasteiger partial charge in [-0.05, 0) is 35.6 Å². The van der Waals surface area contributed by atoms with Crippen LogP contribution in [0.3, 0.4) is 0 Å². The minimum atomic E-state index is -0.00391. The molecule has 1 aliphatic rings. The van der Waals surface area contributed by atoms with Crippen LogP contribution in [-0.4, -0.2) is 22.4 Å². The van der Waals surface area contributed by atoms with E-state index >= 15 is 0 Å². The lowest BCUT2D eigenvalue weighted by Crippen LogP contribution is -2.23. The Labute approximate surface area is 138 Å². The van der Waals surface area contributed by atoms with E-state index in [0.717, 1.165) is 45.0 Å². The molecule has 24 heavy (non-hydrogen) atoms. The van der Waals surface area contributed by atoms with E-state index in [2.05, 4.69) is 27.4 Å². The van der Waals surface area contributed by atoms with Crippen molar-refractivity contribution in [1.29, 1.82) is 0 Å². The maximum atomic E-state index is 12.3. The largest absolute Gasteiger partial charge is 0.353 e. The van der Waals surface area contributed by atoms with Gasteiger partial charge in [-0.2, -0.15) is 0 Å². The van der Waals surface area contributed by atoms with Crippen molar-refractivity contribution < 1.29 is 4.79 Å². The van der Waals surface area contributed by atoms with E-state index in [-0.39, 0.29) is 5.91 Å². The zero-order valence-electron chi connectivity index (χ0n) is 13.0. The van der Waals surface area contributed by atoms with Gasteiger partial charge in [0, 0.05) is 34.6 Å². The molecule has 0 fully saturated rings. The molecule has 2 aromatic heterocycles. The van der Waals surface area contributed by atoms with E-state index in [0.29, 0.717) is 6.54 Å². The third kappa shape index (κ3) is 1.80. The van der Waals surface area contributed by atoms with E-state index < -0.39 is 0 Å². The van der Waals surface area contributed by atoms with Crippen molar-refractivity contribution in [3.8, 4) is 11.4 Å². The lowest BCUT2D eigenvalue weighted by molar-refractivity contribution is 0.0957. The molecule has 4 aromatic rings. The van der Waals surface area contributed by atoms with Gasteiger partial charge in [0.2, 0.25) is 0 Å². The number of aromatic amines is 1. The summed E-state index contributed by atoms with van der Waals surface area (Å²) in [7, 11) is 0. The summed E-state index contributed by atoms with van der Waals surface area (Å²) in [5.74, 6) is -0.00391. The molecule has 0 saturated heterocycles. The maximum Gasteiger partial charge on any atom is 0.251 e. The number of H-pyrrole nitrogens is 1. The van der Waals surface area contributed by atoms with Gasteiger partial charge in [0.05, 0.1) is 11.4 Å². The Balaban J connectivity index is 1.89. The Bertz CT molecular complexity index is 1110. The first kappa shape index (κ1) is 13.3. The molecule has 0 aliphatic carbocycles. The minimum absolute atomic E-state index is 0.00391. The normalized spacial score (nSPS) is 13.9. The highest BCUT2D eigenvalue weighted by Gasteiger charge is 2.23. The number of benzene rings is 2. The van der Waals surface area contributed by atoms with E-state index in [4.69, 9.17) is 0 Å². The van der Waals surface area contributed by atoms with Crippen molar-refractivity contribution in [3.63, 3.8) is 0 Å². The summed E-state index contributed by atoms with van der Waals surface area (Å²) in [4.78, 5) is 20.5. The fourth-order valence-corrected chi connectivity index (χ4v) is 3.67. The highest BCUT2D eigenvalue weighted by atomic mass is 16.1. The number of carbonyl (C=O) groups excluding carboxylic acids is 1. The minimum Gasteiger partial charge on any atom is -0.353 e. The van der Waals surface area contributed by atoms with Crippen LogP contribution in [0.4, 0.5) is 0 Å². The summed E-state index contributed by atoms with van der Waals surface area (Å²) in [5.41, 5.74) is 4.86. The molecule has 4 heteroatoms. The molecule has 1 amide bonds. The second-order valence-corrected chi connectivity index (χ2v) is 6.09. The van der Waals surface area contributed by atoms with Gasteiger partial charge < -0.3 is 10.3 Å². The van der Waals surface area contributed by atoms with E-state index in [1.165, 1.54) is 5.56 Å². The highest BCUT2D eigenvalue weighted by molar-refractivity contribution is 6.11. The van der Waals surface area contributed by atoms with Crippen LogP contribution in [-0.2, 0) is 6.42 Å². The average molecular weight is 313 g/mol. The van der Waals surface area contributed by atoms with Crippen molar-refractivity contribution in [2.24, 2.45) is 0 Å². The van der Waals surface area contributed by atoms with Crippen molar-refractivity contribution >= 4 is 27.6 Å². The zero-order valence-corrected chi connectivity index (χ0v) is 13.0. The van der Waals surface area contributed by atoms with Gasteiger partial charge >= 0.3 is 0 Å². The fourth-order valence-electron chi connectivity index (χ4n) is 3.67. The number of hydrogen-bond acceptors (Lipinski definition) is 2. The van der Waals surface area contributed by atoms with Crippen molar-refractivity contribution in [2.75, 3.05) is 6.54 Å². The van der Waals surface area contributed by atoms with Crippen LogP contribution in [0.5, 0.6) is 0 Å². The molecule has 3 heterocycles. The molecule has 0 bridgehead atoms. The van der Waals surface area contributed by atoms with Gasteiger partial charge in [-0.3, -0.25) is 9.78 Å². The maximum absolute atomic E-state index is 12.3. The lowest BCUT2D eigenvalue weighted by Gasteiger charge is -2.07. The molecule has 116 valence electrons. The molecule has 2 N–H and O–H groups in total. The lowest BCUT2D eigenvalue weighted by atomic mass is 10.0. The number of pyridine rings is 1. The zero-order chi connectivity index (χ0) is 16.1. The number of rotatable bonds is 1. The molecule has 4 nitrogen and oxygen atoms in total. The van der Waals surface area contributed by atoms with Crippen LogP contribution in [0.25, 0.3) is 33.1 Å². The van der Waals surface area contributed by atoms with Gasteiger partial charge in [0.15, 0.2) is 0 Å². The van der Waals surface area contributed by atoms with Gasteiger partial charge in [-0.1, -0.05) is 30.3 Å². The van der Waals surface area contributed by atoms with Gasteiger partial charge in [-0.15, -0.1) is 0 Å². The summed E-state index contributed by atoms with van der Waals surface area (Å²) >= 11 is 0. The Hall–Kier alpha value is -3.14. The van der Waals surface area contributed by atoms with Crippen molar-refractivity contribution in [1.82, 2.24) is 15.3 Å². The third-order valence-electron chi connectivity index (χ3n) is 4.74. The molecule has 0 unspecified atom stereocenters. The molecule has 0 saturated carbocycles. The second-order valence-electron chi connectivity index (χ2n) is 6.09. The average Bonchev–Trinajstić information content (AvgIpc) is 2.90. The third-order valence-corrected chi connectivity index (χ3v) is 4.74. The van der Waals surface area contributed by atoms with Crippen LogP contribution in [0, 0.1) is 0 Å². The Morgan fingerprint density at radius 3 is 2.88 bits per heavy atom. The fraction of sp³-hybridized carbons (Fsp3) is 0.100.